The number of oxazole rings is 1. The zero-order valence-corrected chi connectivity index (χ0v) is 19.0. The normalized spacial score (nSPS) is 17.1. The molecule has 4 rings (SSSR count). The van der Waals surface area contributed by atoms with Gasteiger partial charge in [0.05, 0.1) is 4.90 Å². The Balaban J connectivity index is 1.51. The number of benzene rings is 2. The van der Waals surface area contributed by atoms with Gasteiger partial charge in [-0.1, -0.05) is 36.8 Å². The summed E-state index contributed by atoms with van der Waals surface area (Å²) in [5, 5.41) is 12.5. The third kappa shape index (κ3) is 4.69. The molecule has 0 unspecified atom stereocenters. The first-order valence-electron chi connectivity index (χ1n) is 10.7. The van der Waals surface area contributed by atoms with E-state index in [1.165, 1.54) is 5.56 Å². The molecule has 0 aliphatic carbocycles. The number of aryl methyl sites for hydroxylation is 1. The fraction of sp³-hybridized carbons (Fsp3) is 0.333. The lowest BCUT2D eigenvalue weighted by Crippen LogP contribution is -2.39. The second kappa shape index (κ2) is 9.15. The highest BCUT2D eigenvalue weighted by atomic mass is 32.2. The van der Waals surface area contributed by atoms with Crippen LogP contribution < -0.4 is 5.32 Å². The smallest absolute Gasteiger partial charge is 0.243 e. The van der Waals surface area contributed by atoms with Gasteiger partial charge >= 0.3 is 0 Å². The van der Waals surface area contributed by atoms with Crippen LogP contribution in [0.5, 0.6) is 0 Å². The second-order valence-corrected chi connectivity index (χ2v) is 10.2. The van der Waals surface area contributed by atoms with Crippen molar-refractivity contribution in [2.75, 3.05) is 18.4 Å². The molecule has 1 N–H and O–H groups in total. The summed E-state index contributed by atoms with van der Waals surface area (Å²) in [7, 11) is -3.53. The molecule has 166 valence electrons. The molecular formula is C24H26N4O3S. The first kappa shape index (κ1) is 22.1. The van der Waals surface area contributed by atoms with Crippen LogP contribution >= 0.6 is 0 Å². The number of nitrogens with zero attached hydrogens (tertiary/aromatic N) is 3. The first-order chi connectivity index (χ1) is 15.4. The Morgan fingerprint density at radius 3 is 2.56 bits per heavy atom. The monoisotopic (exact) mass is 450 g/mol. The Morgan fingerprint density at radius 2 is 1.91 bits per heavy atom. The Morgan fingerprint density at radius 1 is 1.19 bits per heavy atom. The van der Waals surface area contributed by atoms with Crippen LogP contribution in [0.25, 0.3) is 11.5 Å². The number of hydrogen-bond donors (Lipinski definition) is 1. The molecule has 1 aliphatic rings. The highest BCUT2D eigenvalue weighted by molar-refractivity contribution is 7.89. The number of rotatable bonds is 6. The van der Waals surface area contributed by atoms with Gasteiger partial charge in [-0.3, -0.25) is 0 Å². The van der Waals surface area contributed by atoms with Gasteiger partial charge < -0.3 is 9.73 Å². The van der Waals surface area contributed by atoms with E-state index in [1.807, 2.05) is 37.3 Å². The molecule has 2 heterocycles. The van der Waals surface area contributed by atoms with Gasteiger partial charge in [-0.2, -0.15) is 14.6 Å². The molecule has 3 aromatic rings. The van der Waals surface area contributed by atoms with Crippen LogP contribution in [0, 0.1) is 24.2 Å². The van der Waals surface area contributed by atoms with Crippen LogP contribution in [0.4, 0.5) is 5.88 Å². The number of piperidine rings is 1. The molecule has 1 aromatic heterocycles. The molecule has 0 spiro atoms. The maximum Gasteiger partial charge on any atom is 0.243 e. The van der Waals surface area contributed by atoms with E-state index in [2.05, 4.69) is 17.2 Å². The van der Waals surface area contributed by atoms with Gasteiger partial charge in [-0.05, 0) is 55.5 Å². The largest absolute Gasteiger partial charge is 0.419 e. The van der Waals surface area contributed by atoms with E-state index in [0.29, 0.717) is 37.0 Å². The van der Waals surface area contributed by atoms with Gasteiger partial charge in [0.2, 0.25) is 27.5 Å². The van der Waals surface area contributed by atoms with Crippen LogP contribution in [-0.2, 0) is 16.6 Å². The van der Waals surface area contributed by atoms with Crippen molar-refractivity contribution in [1.82, 2.24) is 9.29 Å². The van der Waals surface area contributed by atoms with Crippen molar-refractivity contribution >= 4 is 15.9 Å². The molecule has 0 saturated carbocycles. The molecule has 0 radical (unpaired) electrons. The highest BCUT2D eigenvalue weighted by Crippen LogP contribution is 2.28. The fourth-order valence-corrected chi connectivity index (χ4v) is 5.41. The van der Waals surface area contributed by atoms with E-state index in [4.69, 9.17) is 4.42 Å². The lowest BCUT2D eigenvalue weighted by molar-refractivity contribution is 0.281. The standard InChI is InChI=1S/C24H26N4O3S/c1-17-5-7-19(8-6-17)15-26-24-22(14-25)27-23(31-24)20-9-11-21(12-10-20)32(29,30)28-13-3-4-18(2)16-28/h5-12,18,26H,3-4,13,15-16H2,1-2H3/t18-/m1/s1. The SMILES string of the molecule is Cc1ccc(CNc2oc(-c3ccc(S(=O)(=O)N4CCC[C@@H](C)C4)cc3)nc2C#N)cc1. The van der Waals surface area contributed by atoms with Crippen molar-refractivity contribution in [3.63, 3.8) is 0 Å². The number of sulfonamides is 1. The molecule has 0 bridgehead atoms. The molecule has 8 heteroatoms. The van der Waals surface area contributed by atoms with Crippen molar-refractivity contribution in [3.8, 4) is 17.5 Å². The van der Waals surface area contributed by atoms with E-state index in [-0.39, 0.29) is 16.5 Å². The van der Waals surface area contributed by atoms with E-state index in [9.17, 15) is 13.7 Å². The lowest BCUT2D eigenvalue weighted by atomic mass is 10.0. The lowest BCUT2D eigenvalue weighted by Gasteiger charge is -2.30. The summed E-state index contributed by atoms with van der Waals surface area (Å²) in [5.74, 6) is 0.922. The highest BCUT2D eigenvalue weighted by Gasteiger charge is 2.28. The molecule has 1 saturated heterocycles. The Kier molecular flexibility index (Phi) is 6.31. The summed E-state index contributed by atoms with van der Waals surface area (Å²) in [6.45, 7) is 5.69. The van der Waals surface area contributed by atoms with Crippen LogP contribution in [0.3, 0.4) is 0 Å². The zero-order valence-electron chi connectivity index (χ0n) is 18.2. The van der Waals surface area contributed by atoms with E-state index >= 15 is 0 Å². The Bertz CT molecular complexity index is 1230. The molecule has 1 fully saturated rings. The summed E-state index contributed by atoms with van der Waals surface area (Å²) < 4.78 is 33.3. The Hall–Kier alpha value is -3.15. The van der Waals surface area contributed by atoms with Gasteiger partial charge in [-0.15, -0.1) is 0 Å². The van der Waals surface area contributed by atoms with Crippen LogP contribution in [0.2, 0.25) is 0 Å². The van der Waals surface area contributed by atoms with E-state index in [0.717, 1.165) is 18.4 Å². The summed E-state index contributed by atoms with van der Waals surface area (Å²) in [4.78, 5) is 4.52. The molecule has 2 aromatic carbocycles. The summed E-state index contributed by atoms with van der Waals surface area (Å²) >= 11 is 0. The van der Waals surface area contributed by atoms with Crippen LogP contribution in [0.15, 0.2) is 57.8 Å². The molecule has 32 heavy (non-hydrogen) atoms. The van der Waals surface area contributed by atoms with Gasteiger partial charge in [0.1, 0.15) is 6.07 Å². The second-order valence-electron chi connectivity index (χ2n) is 8.28. The molecule has 7 nitrogen and oxygen atoms in total. The summed E-state index contributed by atoms with van der Waals surface area (Å²) in [6, 6.07) is 16.6. The number of nitrogens with one attached hydrogen (secondary N) is 1. The predicted molar refractivity (Wildman–Crippen MR) is 122 cm³/mol. The molecule has 0 amide bonds. The van der Waals surface area contributed by atoms with Crippen molar-refractivity contribution < 1.29 is 12.8 Å². The maximum atomic E-state index is 13.0. The fourth-order valence-electron chi connectivity index (χ4n) is 3.81. The minimum Gasteiger partial charge on any atom is -0.419 e. The minimum atomic E-state index is -3.53. The minimum absolute atomic E-state index is 0.158. The number of hydrogen-bond acceptors (Lipinski definition) is 6. The van der Waals surface area contributed by atoms with Crippen molar-refractivity contribution in [2.24, 2.45) is 5.92 Å². The van der Waals surface area contributed by atoms with Gasteiger partial charge in [0.15, 0.2) is 0 Å². The molecular weight excluding hydrogens is 424 g/mol. The average molecular weight is 451 g/mol. The maximum absolute atomic E-state index is 13.0. The molecule has 1 aliphatic heterocycles. The number of aromatic nitrogens is 1. The third-order valence-corrected chi connectivity index (χ3v) is 7.54. The van der Waals surface area contributed by atoms with Crippen LogP contribution in [0.1, 0.15) is 36.6 Å². The predicted octanol–water partition coefficient (Wildman–Crippen LogP) is 4.55. The van der Waals surface area contributed by atoms with Crippen molar-refractivity contribution in [2.45, 2.75) is 38.1 Å². The quantitative estimate of drug-likeness (QED) is 0.591. The van der Waals surface area contributed by atoms with E-state index in [1.54, 1.807) is 28.6 Å². The number of anilines is 1. The topological polar surface area (TPSA) is 99.2 Å². The van der Waals surface area contributed by atoms with Gasteiger partial charge in [0, 0.05) is 25.2 Å². The first-order valence-corrected chi connectivity index (χ1v) is 12.1. The van der Waals surface area contributed by atoms with Crippen LogP contribution in [-0.4, -0.2) is 30.8 Å². The summed E-state index contributed by atoms with van der Waals surface area (Å²) in [6.07, 6.45) is 1.93. The summed E-state index contributed by atoms with van der Waals surface area (Å²) in [5.41, 5.74) is 3.00. The molecule has 1 atom stereocenters. The van der Waals surface area contributed by atoms with Crippen molar-refractivity contribution in [1.29, 1.82) is 5.26 Å². The third-order valence-electron chi connectivity index (χ3n) is 5.67. The van der Waals surface area contributed by atoms with Crippen molar-refractivity contribution in [3.05, 3.63) is 65.4 Å². The Labute approximate surface area is 188 Å². The zero-order chi connectivity index (χ0) is 22.7. The average Bonchev–Trinajstić information content (AvgIpc) is 3.22. The number of nitriles is 1. The van der Waals surface area contributed by atoms with Gasteiger partial charge in [0.25, 0.3) is 0 Å². The van der Waals surface area contributed by atoms with E-state index < -0.39 is 10.0 Å². The van der Waals surface area contributed by atoms with Gasteiger partial charge in [-0.25, -0.2) is 8.42 Å².